The molecule has 0 spiro atoms. The molecule has 2 aromatic heterocycles. The van der Waals surface area contributed by atoms with Crippen LogP contribution in [0, 0.1) is 0 Å². The van der Waals surface area contributed by atoms with Crippen molar-refractivity contribution < 1.29 is 0 Å². The van der Waals surface area contributed by atoms with Crippen LogP contribution in [0.1, 0.15) is 23.5 Å². The highest BCUT2D eigenvalue weighted by molar-refractivity contribution is 9.10. The van der Waals surface area contributed by atoms with Gasteiger partial charge in [-0.3, -0.25) is 0 Å². The van der Waals surface area contributed by atoms with Crippen LogP contribution >= 0.6 is 50.6 Å². The van der Waals surface area contributed by atoms with Gasteiger partial charge in [-0.25, -0.2) is 4.98 Å². The molecule has 2 nitrogen and oxygen atoms in total. The second-order valence-corrected chi connectivity index (χ2v) is 7.55. The van der Waals surface area contributed by atoms with Crippen LogP contribution in [-0.4, -0.2) is 11.0 Å². The van der Waals surface area contributed by atoms with Crippen LogP contribution in [0.15, 0.2) is 39.3 Å². The minimum absolute atomic E-state index is 0.105. The maximum absolute atomic E-state index is 6.25. The molecule has 2 rings (SSSR count). The van der Waals surface area contributed by atoms with E-state index in [9.17, 15) is 0 Å². The predicted octanol–water partition coefficient (Wildman–Crippen LogP) is 5.13. The zero-order chi connectivity index (χ0) is 13.8. The molecule has 0 saturated carbocycles. The maximum atomic E-state index is 6.25. The van der Waals surface area contributed by atoms with Gasteiger partial charge >= 0.3 is 0 Å². The van der Waals surface area contributed by atoms with E-state index < -0.39 is 0 Å². The summed E-state index contributed by atoms with van der Waals surface area (Å²) in [7, 11) is 0. The first-order chi connectivity index (χ1) is 9.10. The summed E-state index contributed by atoms with van der Waals surface area (Å²) >= 11 is 12.8. The number of halogens is 2. The average molecular weight is 378 g/mol. The van der Waals surface area contributed by atoms with Gasteiger partial charge in [0, 0.05) is 27.0 Å². The number of nitrogens with two attached hydrogens (primary N) is 1. The van der Waals surface area contributed by atoms with Crippen LogP contribution in [0.5, 0.6) is 0 Å². The lowest BCUT2D eigenvalue weighted by Gasteiger charge is -2.20. The molecule has 0 saturated heterocycles. The standard InChI is InChI=1S/C13H14BrClN2S2/c1-2-10(16)13(11-5-8(14)7-18-11)19-12-4-3-9(15)6-17-12/h3-7,10,13H,2,16H2,1H3. The number of rotatable bonds is 5. The number of thioether (sulfide) groups is 1. The molecule has 0 aliphatic carbocycles. The Morgan fingerprint density at radius 1 is 1.53 bits per heavy atom. The fourth-order valence-corrected chi connectivity index (χ4v) is 4.60. The second kappa shape index (κ2) is 7.09. The molecule has 0 aromatic carbocycles. The van der Waals surface area contributed by atoms with Gasteiger partial charge in [-0.15, -0.1) is 11.3 Å². The quantitative estimate of drug-likeness (QED) is 0.734. The largest absolute Gasteiger partial charge is 0.326 e. The molecular formula is C13H14BrClN2S2. The van der Waals surface area contributed by atoms with Crippen molar-refractivity contribution in [2.24, 2.45) is 5.73 Å². The Bertz CT molecular complexity index is 530. The highest BCUT2D eigenvalue weighted by atomic mass is 79.9. The number of thiophene rings is 1. The zero-order valence-corrected chi connectivity index (χ0v) is 14.3. The van der Waals surface area contributed by atoms with Gasteiger partial charge in [0.05, 0.1) is 15.3 Å². The number of aromatic nitrogens is 1. The van der Waals surface area contributed by atoms with E-state index in [1.165, 1.54) is 4.88 Å². The van der Waals surface area contributed by atoms with Gasteiger partial charge in [-0.1, -0.05) is 30.3 Å². The molecule has 0 radical (unpaired) electrons. The van der Waals surface area contributed by atoms with Gasteiger partial charge in [0.25, 0.3) is 0 Å². The Hall–Kier alpha value is -0.0700. The van der Waals surface area contributed by atoms with Crippen LogP contribution in [0.4, 0.5) is 0 Å². The number of pyridine rings is 1. The van der Waals surface area contributed by atoms with Gasteiger partial charge in [-0.05, 0) is 40.5 Å². The van der Waals surface area contributed by atoms with E-state index in [1.54, 1.807) is 29.3 Å². The molecule has 102 valence electrons. The van der Waals surface area contributed by atoms with E-state index >= 15 is 0 Å². The van der Waals surface area contributed by atoms with Crippen LogP contribution in [0.2, 0.25) is 5.02 Å². The molecule has 0 aliphatic heterocycles. The molecule has 0 fully saturated rings. The Balaban J connectivity index is 2.21. The fourth-order valence-electron chi connectivity index (χ4n) is 1.61. The van der Waals surface area contributed by atoms with Crippen molar-refractivity contribution in [3.63, 3.8) is 0 Å². The van der Waals surface area contributed by atoms with E-state index in [0.29, 0.717) is 5.02 Å². The maximum Gasteiger partial charge on any atom is 0.0967 e. The summed E-state index contributed by atoms with van der Waals surface area (Å²) in [6, 6.07) is 6.03. The van der Waals surface area contributed by atoms with Crippen LogP contribution in [-0.2, 0) is 0 Å². The highest BCUT2D eigenvalue weighted by Crippen LogP contribution is 2.40. The van der Waals surface area contributed by atoms with Crippen molar-refractivity contribution in [1.29, 1.82) is 0 Å². The molecule has 2 atom stereocenters. The summed E-state index contributed by atoms with van der Waals surface area (Å²) in [6.07, 6.45) is 2.60. The van der Waals surface area contributed by atoms with Crippen molar-refractivity contribution in [2.45, 2.75) is 29.7 Å². The van der Waals surface area contributed by atoms with Crippen molar-refractivity contribution in [3.05, 3.63) is 44.1 Å². The summed E-state index contributed by atoms with van der Waals surface area (Å²) in [5.41, 5.74) is 6.25. The monoisotopic (exact) mass is 376 g/mol. The average Bonchev–Trinajstić information content (AvgIpc) is 2.83. The number of hydrogen-bond donors (Lipinski definition) is 1. The minimum atomic E-state index is 0.105. The zero-order valence-electron chi connectivity index (χ0n) is 10.3. The Morgan fingerprint density at radius 3 is 2.84 bits per heavy atom. The summed E-state index contributed by atoms with van der Waals surface area (Å²) in [5, 5.41) is 3.90. The third-order valence-corrected chi connectivity index (χ3v) is 6.17. The van der Waals surface area contributed by atoms with Crippen molar-refractivity contribution >= 4 is 50.6 Å². The normalized spacial score (nSPS) is 14.3. The lowest BCUT2D eigenvalue weighted by atomic mass is 10.1. The van der Waals surface area contributed by atoms with Gasteiger partial charge in [0.1, 0.15) is 0 Å². The summed E-state index contributed by atoms with van der Waals surface area (Å²) < 4.78 is 1.10. The summed E-state index contributed by atoms with van der Waals surface area (Å²) in [4.78, 5) is 5.60. The molecule has 0 amide bonds. The highest BCUT2D eigenvalue weighted by Gasteiger charge is 2.22. The molecule has 19 heavy (non-hydrogen) atoms. The van der Waals surface area contributed by atoms with Crippen LogP contribution < -0.4 is 5.73 Å². The van der Waals surface area contributed by atoms with Gasteiger partial charge < -0.3 is 5.73 Å². The number of nitrogens with zero attached hydrogens (tertiary/aromatic N) is 1. The minimum Gasteiger partial charge on any atom is -0.326 e. The van der Waals surface area contributed by atoms with E-state index in [4.69, 9.17) is 17.3 Å². The van der Waals surface area contributed by atoms with Crippen LogP contribution in [0.25, 0.3) is 0 Å². The first kappa shape index (κ1) is 15.3. The van der Waals surface area contributed by atoms with E-state index in [2.05, 4.69) is 39.3 Å². The second-order valence-electron chi connectivity index (χ2n) is 4.09. The molecular weight excluding hydrogens is 364 g/mol. The van der Waals surface area contributed by atoms with Gasteiger partial charge in [0.15, 0.2) is 0 Å². The molecule has 0 bridgehead atoms. The molecule has 2 aromatic rings. The lowest BCUT2D eigenvalue weighted by molar-refractivity contribution is 0.639. The molecule has 0 aliphatic rings. The Labute approximate surface area is 134 Å². The fraction of sp³-hybridized carbons (Fsp3) is 0.308. The SMILES string of the molecule is CCC(N)C(Sc1ccc(Cl)cn1)c1cc(Br)cs1. The topological polar surface area (TPSA) is 38.9 Å². The molecule has 6 heteroatoms. The molecule has 2 unspecified atom stereocenters. The first-order valence-electron chi connectivity index (χ1n) is 5.88. The summed E-state index contributed by atoms with van der Waals surface area (Å²) in [5.74, 6) is 0. The number of hydrogen-bond acceptors (Lipinski definition) is 4. The Morgan fingerprint density at radius 2 is 2.32 bits per heavy atom. The Kier molecular flexibility index (Phi) is 5.71. The summed E-state index contributed by atoms with van der Waals surface area (Å²) in [6.45, 7) is 2.11. The van der Waals surface area contributed by atoms with Crippen molar-refractivity contribution in [3.8, 4) is 0 Å². The van der Waals surface area contributed by atoms with Crippen molar-refractivity contribution in [1.82, 2.24) is 4.98 Å². The third-order valence-electron chi connectivity index (χ3n) is 2.68. The third kappa shape index (κ3) is 4.20. The lowest BCUT2D eigenvalue weighted by Crippen LogP contribution is -2.25. The molecule has 2 N–H and O–H groups in total. The van der Waals surface area contributed by atoms with Crippen LogP contribution in [0.3, 0.4) is 0 Å². The van der Waals surface area contributed by atoms with Gasteiger partial charge in [-0.2, -0.15) is 0 Å². The van der Waals surface area contributed by atoms with Crippen molar-refractivity contribution in [2.75, 3.05) is 0 Å². The molecule has 2 heterocycles. The van der Waals surface area contributed by atoms with E-state index in [1.807, 2.05) is 12.1 Å². The smallest absolute Gasteiger partial charge is 0.0967 e. The van der Waals surface area contributed by atoms with E-state index in [-0.39, 0.29) is 11.3 Å². The van der Waals surface area contributed by atoms with Gasteiger partial charge in [0.2, 0.25) is 0 Å². The first-order valence-corrected chi connectivity index (χ1v) is 8.81. The van der Waals surface area contributed by atoms with E-state index in [0.717, 1.165) is 15.9 Å². The predicted molar refractivity (Wildman–Crippen MR) is 88.1 cm³/mol.